The number of hydrogen-bond donors (Lipinski definition) is 1. The lowest BCUT2D eigenvalue weighted by atomic mass is 9.98. The first-order chi connectivity index (χ1) is 9.51. The third-order valence-electron chi connectivity index (χ3n) is 3.50. The first kappa shape index (κ1) is 14.2. The van der Waals surface area contributed by atoms with Crippen molar-refractivity contribution in [2.75, 3.05) is 5.32 Å². The maximum atomic E-state index is 12.2. The molecule has 1 aromatic heterocycles. The summed E-state index contributed by atoms with van der Waals surface area (Å²) in [5.41, 5.74) is 2.26. The van der Waals surface area contributed by atoms with E-state index in [-0.39, 0.29) is 11.8 Å². The molecule has 0 aliphatic carbocycles. The maximum absolute atomic E-state index is 12.2. The molecule has 2 aromatic rings. The minimum absolute atomic E-state index is 0.0974. The molecule has 1 N–H and O–H groups in total. The molecule has 0 fully saturated rings. The van der Waals surface area contributed by atoms with Gasteiger partial charge in [0, 0.05) is 7.05 Å². The van der Waals surface area contributed by atoms with Crippen LogP contribution in [0.15, 0.2) is 24.3 Å². The summed E-state index contributed by atoms with van der Waals surface area (Å²) >= 11 is 0. The van der Waals surface area contributed by atoms with E-state index in [9.17, 15) is 4.79 Å². The molecule has 0 aliphatic heterocycles. The summed E-state index contributed by atoms with van der Waals surface area (Å²) in [5.74, 6) is 0.789. The van der Waals surface area contributed by atoms with Crippen molar-refractivity contribution in [3.8, 4) is 0 Å². The van der Waals surface area contributed by atoms with Gasteiger partial charge in [0.15, 0.2) is 0 Å². The first-order valence-electron chi connectivity index (χ1n) is 6.78. The summed E-state index contributed by atoms with van der Waals surface area (Å²) < 4.78 is 1.64. The number of nitrogens with one attached hydrogen (secondary N) is 1. The van der Waals surface area contributed by atoms with E-state index >= 15 is 0 Å². The first-order valence-corrected chi connectivity index (χ1v) is 6.78. The van der Waals surface area contributed by atoms with Gasteiger partial charge in [0.1, 0.15) is 5.82 Å². The Hall–Kier alpha value is -2.17. The van der Waals surface area contributed by atoms with Crippen molar-refractivity contribution >= 4 is 11.9 Å². The zero-order valence-corrected chi connectivity index (χ0v) is 12.3. The third kappa shape index (κ3) is 3.04. The molecule has 1 amide bonds. The summed E-state index contributed by atoms with van der Waals surface area (Å²) in [6.45, 7) is 5.84. The lowest BCUT2D eigenvalue weighted by Gasteiger charge is -2.11. The second kappa shape index (κ2) is 5.86. The Morgan fingerprint density at radius 1 is 1.35 bits per heavy atom. The molecule has 106 valence electrons. The number of hydrogen-bond acceptors (Lipinski definition) is 3. The van der Waals surface area contributed by atoms with Gasteiger partial charge in [-0.25, -0.2) is 0 Å². The molecule has 0 saturated carbocycles. The standard InChI is InChI=1S/C15H20N4O/c1-5-12-6-8-13(9-7-12)10(2)14(20)17-15-16-11(3)19(4)18-15/h6-10H,5H2,1-4H3,(H,17,18,20). The molecule has 0 radical (unpaired) electrons. The van der Waals surface area contributed by atoms with Crippen molar-refractivity contribution < 1.29 is 4.79 Å². The van der Waals surface area contributed by atoms with Crippen LogP contribution in [0.1, 0.15) is 36.7 Å². The molecule has 5 heteroatoms. The zero-order chi connectivity index (χ0) is 14.7. The molecule has 1 heterocycles. The van der Waals surface area contributed by atoms with Gasteiger partial charge in [-0.2, -0.15) is 4.98 Å². The van der Waals surface area contributed by atoms with Gasteiger partial charge in [-0.3, -0.25) is 14.8 Å². The second-order valence-corrected chi connectivity index (χ2v) is 4.91. The maximum Gasteiger partial charge on any atom is 0.248 e. The van der Waals surface area contributed by atoms with Crippen molar-refractivity contribution in [2.45, 2.75) is 33.1 Å². The van der Waals surface area contributed by atoms with Crippen LogP contribution in [0, 0.1) is 6.92 Å². The van der Waals surface area contributed by atoms with E-state index in [1.165, 1.54) is 5.56 Å². The van der Waals surface area contributed by atoms with Crippen LogP contribution < -0.4 is 5.32 Å². The lowest BCUT2D eigenvalue weighted by molar-refractivity contribution is -0.117. The van der Waals surface area contributed by atoms with Crippen LogP contribution in [0.25, 0.3) is 0 Å². The molecule has 0 aliphatic rings. The van der Waals surface area contributed by atoms with E-state index in [1.54, 1.807) is 11.7 Å². The molecule has 0 saturated heterocycles. The highest BCUT2D eigenvalue weighted by atomic mass is 16.2. The van der Waals surface area contributed by atoms with Crippen LogP contribution in [-0.4, -0.2) is 20.7 Å². The minimum Gasteiger partial charge on any atom is -0.293 e. The Kier molecular flexibility index (Phi) is 4.17. The molecule has 2 rings (SSSR count). The number of rotatable bonds is 4. The third-order valence-corrected chi connectivity index (χ3v) is 3.50. The topological polar surface area (TPSA) is 59.8 Å². The Morgan fingerprint density at radius 3 is 2.50 bits per heavy atom. The van der Waals surface area contributed by atoms with Gasteiger partial charge >= 0.3 is 0 Å². The number of carbonyl (C=O) groups excluding carboxylic acids is 1. The quantitative estimate of drug-likeness (QED) is 0.930. The van der Waals surface area contributed by atoms with Crippen LogP contribution in [0.2, 0.25) is 0 Å². The van der Waals surface area contributed by atoms with Crippen molar-refractivity contribution in [1.82, 2.24) is 14.8 Å². The molecular formula is C15H20N4O. The minimum atomic E-state index is -0.231. The van der Waals surface area contributed by atoms with Crippen LogP contribution >= 0.6 is 0 Å². The second-order valence-electron chi connectivity index (χ2n) is 4.91. The van der Waals surface area contributed by atoms with E-state index in [2.05, 4.69) is 34.5 Å². The molecule has 1 aromatic carbocycles. The average molecular weight is 272 g/mol. The van der Waals surface area contributed by atoms with Crippen molar-refractivity contribution in [2.24, 2.45) is 7.05 Å². The average Bonchev–Trinajstić information content (AvgIpc) is 2.76. The Balaban J connectivity index is 2.07. The number of amides is 1. The van der Waals surface area contributed by atoms with Gasteiger partial charge in [-0.1, -0.05) is 31.2 Å². The summed E-state index contributed by atoms with van der Waals surface area (Å²) in [7, 11) is 1.80. The number of aryl methyl sites for hydroxylation is 3. The Bertz CT molecular complexity index is 581. The number of aromatic nitrogens is 3. The van der Waals surface area contributed by atoms with Crippen molar-refractivity contribution in [3.05, 3.63) is 41.2 Å². The highest BCUT2D eigenvalue weighted by Gasteiger charge is 2.17. The monoisotopic (exact) mass is 272 g/mol. The predicted octanol–water partition coefficient (Wildman–Crippen LogP) is 2.43. The SMILES string of the molecule is CCc1ccc(C(C)C(=O)Nc2nc(C)n(C)n2)cc1. The summed E-state index contributed by atoms with van der Waals surface area (Å²) in [4.78, 5) is 16.4. The highest BCUT2D eigenvalue weighted by Crippen LogP contribution is 2.18. The van der Waals surface area contributed by atoms with Crippen LogP contribution in [0.3, 0.4) is 0 Å². The number of carbonyl (C=O) groups is 1. The summed E-state index contributed by atoms with van der Waals surface area (Å²) in [6, 6.07) is 8.12. The predicted molar refractivity (Wildman–Crippen MR) is 78.6 cm³/mol. The van der Waals surface area contributed by atoms with Crippen molar-refractivity contribution in [1.29, 1.82) is 0 Å². The fourth-order valence-electron chi connectivity index (χ4n) is 1.93. The molecule has 1 unspecified atom stereocenters. The van der Waals surface area contributed by atoms with Crippen LogP contribution in [-0.2, 0) is 18.3 Å². The molecule has 0 bridgehead atoms. The molecule has 1 atom stereocenters. The van der Waals surface area contributed by atoms with E-state index in [4.69, 9.17) is 0 Å². The molecule has 0 spiro atoms. The van der Waals surface area contributed by atoms with E-state index < -0.39 is 0 Å². The van der Waals surface area contributed by atoms with Gasteiger partial charge in [-0.05, 0) is 31.4 Å². The molecule has 20 heavy (non-hydrogen) atoms. The van der Waals surface area contributed by atoms with Crippen LogP contribution in [0.4, 0.5) is 5.95 Å². The van der Waals surface area contributed by atoms with Gasteiger partial charge < -0.3 is 0 Å². The zero-order valence-electron chi connectivity index (χ0n) is 12.3. The summed E-state index contributed by atoms with van der Waals surface area (Å²) in [6.07, 6.45) is 0.998. The van der Waals surface area contributed by atoms with E-state index in [0.29, 0.717) is 5.95 Å². The molecule has 5 nitrogen and oxygen atoms in total. The van der Waals surface area contributed by atoms with Crippen LogP contribution in [0.5, 0.6) is 0 Å². The number of nitrogens with zero attached hydrogens (tertiary/aromatic N) is 3. The van der Waals surface area contributed by atoms with Gasteiger partial charge in [0.25, 0.3) is 0 Å². The fourth-order valence-corrected chi connectivity index (χ4v) is 1.93. The summed E-state index contributed by atoms with van der Waals surface area (Å²) in [5, 5.41) is 6.88. The van der Waals surface area contributed by atoms with Gasteiger partial charge in [-0.15, -0.1) is 5.10 Å². The van der Waals surface area contributed by atoms with E-state index in [0.717, 1.165) is 17.8 Å². The normalized spacial score (nSPS) is 12.2. The van der Waals surface area contributed by atoms with Crippen molar-refractivity contribution in [3.63, 3.8) is 0 Å². The smallest absolute Gasteiger partial charge is 0.248 e. The highest BCUT2D eigenvalue weighted by molar-refractivity contribution is 5.94. The van der Waals surface area contributed by atoms with Gasteiger partial charge in [0.05, 0.1) is 5.92 Å². The molecular weight excluding hydrogens is 252 g/mol. The number of benzene rings is 1. The Morgan fingerprint density at radius 2 is 2.00 bits per heavy atom. The van der Waals surface area contributed by atoms with E-state index in [1.807, 2.05) is 26.0 Å². The lowest BCUT2D eigenvalue weighted by Crippen LogP contribution is -2.19. The fraction of sp³-hybridized carbons (Fsp3) is 0.400. The number of anilines is 1. The Labute approximate surface area is 119 Å². The van der Waals surface area contributed by atoms with Gasteiger partial charge in [0.2, 0.25) is 11.9 Å². The largest absolute Gasteiger partial charge is 0.293 e.